The normalized spacial score (nSPS) is 8.62. The monoisotopic (exact) mass is 222 g/mol. The van der Waals surface area contributed by atoms with Crippen LogP contribution in [0.25, 0.3) is 0 Å². The van der Waals surface area contributed by atoms with Gasteiger partial charge in [-0.1, -0.05) is 42.5 Å². The predicted molar refractivity (Wildman–Crippen MR) is 64.0 cm³/mol. The summed E-state index contributed by atoms with van der Waals surface area (Å²) in [6, 6.07) is 10.3. The largest absolute Gasteiger partial charge is 0.462 e. The molecule has 0 aliphatic heterocycles. The maximum Gasteiger partial charge on any atom is 0.330 e. The lowest BCUT2D eigenvalue weighted by atomic mass is 10.2. The van der Waals surface area contributed by atoms with Crippen LogP contribution in [0.1, 0.15) is 12.0 Å². The summed E-state index contributed by atoms with van der Waals surface area (Å²) in [4.78, 5) is 10.3. The lowest BCUT2D eigenvalue weighted by Crippen LogP contribution is -2.02. The number of hydrogen-bond donors (Lipinski definition) is 1. The van der Waals surface area contributed by atoms with Gasteiger partial charge in [-0.05, 0) is 6.92 Å². The Hall–Kier alpha value is -1.61. The zero-order valence-electron chi connectivity index (χ0n) is 9.56. The van der Waals surface area contributed by atoms with Crippen LogP contribution in [0, 0.1) is 6.92 Å². The summed E-state index contributed by atoms with van der Waals surface area (Å²) in [5.41, 5.74) is 1.32. The summed E-state index contributed by atoms with van der Waals surface area (Å²) in [6.07, 6.45) is 1.58. The SMILES string of the molecule is C=CC(=O)OCCCO.Cc1ccccc1. The average molecular weight is 222 g/mol. The minimum atomic E-state index is -0.441. The van der Waals surface area contributed by atoms with E-state index in [-0.39, 0.29) is 13.2 Å². The van der Waals surface area contributed by atoms with Gasteiger partial charge in [-0.2, -0.15) is 0 Å². The van der Waals surface area contributed by atoms with Gasteiger partial charge in [0.2, 0.25) is 0 Å². The lowest BCUT2D eigenvalue weighted by molar-refractivity contribution is -0.137. The number of hydrogen-bond acceptors (Lipinski definition) is 3. The molecule has 0 amide bonds. The number of aliphatic hydroxyl groups is 1. The van der Waals surface area contributed by atoms with Crippen molar-refractivity contribution in [1.29, 1.82) is 0 Å². The van der Waals surface area contributed by atoms with E-state index in [2.05, 4.69) is 30.4 Å². The third-order valence-corrected chi connectivity index (χ3v) is 1.65. The number of rotatable bonds is 4. The molecule has 0 bridgehead atoms. The maximum atomic E-state index is 10.3. The zero-order chi connectivity index (χ0) is 12.2. The first-order chi connectivity index (χ1) is 7.70. The van der Waals surface area contributed by atoms with E-state index in [0.717, 1.165) is 6.08 Å². The van der Waals surface area contributed by atoms with Gasteiger partial charge < -0.3 is 9.84 Å². The Morgan fingerprint density at radius 3 is 2.44 bits per heavy atom. The lowest BCUT2D eigenvalue weighted by Gasteiger charge is -1.96. The summed E-state index contributed by atoms with van der Waals surface area (Å²) < 4.78 is 4.51. The molecular weight excluding hydrogens is 204 g/mol. The average Bonchev–Trinajstić information content (AvgIpc) is 2.31. The van der Waals surface area contributed by atoms with Gasteiger partial charge in [0.05, 0.1) is 6.61 Å². The van der Waals surface area contributed by atoms with Gasteiger partial charge in [-0.3, -0.25) is 0 Å². The molecule has 0 saturated carbocycles. The van der Waals surface area contributed by atoms with Gasteiger partial charge in [0.25, 0.3) is 0 Å². The van der Waals surface area contributed by atoms with Crippen LogP contribution in [-0.2, 0) is 9.53 Å². The molecule has 1 aromatic rings. The highest BCUT2D eigenvalue weighted by Crippen LogP contribution is 1.92. The van der Waals surface area contributed by atoms with Crippen LogP contribution < -0.4 is 0 Å². The molecule has 0 heterocycles. The molecule has 0 aliphatic rings. The molecule has 3 nitrogen and oxygen atoms in total. The quantitative estimate of drug-likeness (QED) is 0.482. The van der Waals surface area contributed by atoms with E-state index in [4.69, 9.17) is 5.11 Å². The van der Waals surface area contributed by atoms with Crippen LogP contribution in [-0.4, -0.2) is 24.3 Å². The molecule has 0 aliphatic carbocycles. The van der Waals surface area contributed by atoms with Crippen molar-refractivity contribution in [2.45, 2.75) is 13.3 Å². The fraction of sp³-hybridized carbons (Fsp3) is 0.308. The topological polar surface area (TPSA) is 46.5 Å². The summed E-state index contributed by atoms with van der Waals surface area (Å²) in [5, 5.41) is 8.23. The van der Waals surface area contributed by atoms with E-state index >= 15 is 0 Å². The molecule has 0 saturated heterocycles. The Bertz CT molecular complexity index is 293. The molecule has 1 N–H and O–H groups in total. The van der Waals surface area contributed by atoms with Crippen molar-refractivity contribution >= 4 is 5.97 Å². The van der Waals surface area contributed by atoms with Gasteiger partial charge in [-0.25, -0.2) is 4.79 Å². The molecule has 1 aromatic carbocycles. The number of aryl methyl sites for hydroxylation is 1. The molecule has 0 aromatic heterocycles. The number of ether oxygens (including phenoxy) is 1. The van der Waals surface area contributed by atoms with Crippen molar-refractivity contribution in [3.05, 3.63) is 48.6 Å². The standard InChI is InChI=1S/C7H8.C6H10O3/c1-7-5-3-2-4-6-7;1-2-6(8)9-5-3-4-7/h2-6H,1H3;2,7H,1,3-5H2. The third-order valence-electron chi connectivity index (χ3n) is 1.65. The Labute approximate surface area is 96.4 Å². The van der Waals surface area contributed by atoms with Crippen LogP contribution in [0.15, 0.2) is 43.0 Å². The molecule has 0 radical (unpaired) electrons. The molecule has 0 fully saturated rings. The fourth-order valence-electron chi connectivity index (χ4n) is 0.831. The second kappa shape index (κ2) is 9.93. The van der Waals surface area contributed by atoms with E-state index in [9.17, 15) is 4.79 Å². The molecular formula is C13H18O3. The highest BCUT2D eigenvalue weighted by molar-refractivity contribution is 5.81. The molecule has 3 heteroatoms. The predicted octanol–water partition coefficient (Wildman–Crippen LogP) is 2.09. The van der Waals surface area contributed by atoms with Gasteiger partial charge in [-0.15, -0.1) is 0 Å². The number of carbonyl (C=O) groups is 1. The highest BCUT2D eigenvalue weighted by atomic mass is 16.5. The second-order valence-electron chi connectivity index (χ2n) is 3.10. The summed E-state index contributed by atoms with van der Waals surface area (Å²) in [7, 11) is 0. The van der Waals surface area contributed by atoms with Crippen molar-refractivity contribution in [1.82, 2.24) is 0 Å². The van der Waals surface area contributed by atoms with Crippen molar-refractivity contribution in [2.75, 3.05) is 13.2 Å². The Morgan fingerprint density at radius 2 is 2.06 bits per heavy atom. The maximum absolute atomic E-state index is 10.3. The molecule has 16 heavy (non-hydrogen) atoms. The number of carbonyl (C=O) groups excluding carboxylic acids is 1. The Morgan fingerprint density at radius 1 is 1.44 bits per heavy atom. The first-order valence-corrected chi connectivity index (χ1v) is 5.12. The van der Waals surface area contributed by atoms with Crippen molar-refractivity contribution in [3.8, 4) is 0 Å². The van der Waals surface area contributed by atoms with Crippen molar-refractivity contribution < 1.29 is 14.6 Å². The fourth-order valence-corrected chi connectivity index (χ4v) is 0.831. The van der Waals surface area contributed by atoms with Gasteiger partial charge >= 0.3 is 5.97 Å². The zero-order valence-corrected chi connectivity index (χ0v) is 9.56. The van der Waals surface area contributed by atoms with Gasteiger partial charge in [0.15, 0.2) is 0 Å². The van der Waals surface area contributed by atoms with E-state index in [1.807, 2.05) is 18.2 Å². The van der Waals surface area contributed by atoms with Crippen LogP contribution in [0.5, 0.6) is 0 Å². The van der Waals surface area contributed by atoms with Gasteiger partial charge in [0.1, 0.15) is 0 Å². The Balaban J connectivity index is 0.000000288. The van der Waals surface area contributed by atoms with Gasteiger partial charge in [0, 0.05) is 19.1 Å². The number of benzene rings is 1. The molecule has 1 rings (SSSR count). The minimum Gasteiger partial charge on any atom is -0.462 e. The Kier molecular flexibility index (Phi) is 8.93. The number of aliphatic hydroxyl groups excluding tert-OH is 1. The van der Waals surface area contributed by atoms with Crippen LogP contribution in [0.3, 0.4) is 0 Å². The number of esters is 1. The molecule has 88 valence electrons. The second-order valence-corrected chi connectivity index (χ2v) is 3.10. The smallest absolute Gasteiger partial charge is 0.330 e. The van der Waals surface area contributed by atoms with E-state index in [1.54, 1.807) is 0 Å². The summed E-state index contributed by atoms with van der Waals surface area (Å²) >= 11 is 0. The van der Waals surface area contributed by atoms with Crippen molar-refractivity contribution in [2.24, 2.45) is 0 Å². The van der Waals surface area contributed by atoms with Crippen molar-refractivity contribution in [3.63, 3.8) is 0 Å². The summed E-state index contributed by atoms with van der Waals surface area (Å²) in [5.74, 6) is -0.441. The van der Waals surface area contributed by atoms with Crippen LogP contribution in [0.4, 0.5) is 0 Å². The van der Waals surface area contributed by atoms with E-state index in [0.29, 0.717) is 6.42 Å². The molecule has 0 spiro atoms. The molecule has 0 unspecified atom stereocenters. The van der Waals surface area contributed by atoms with E-state index < -0.39 is 5.97 Å². The highest BCUT2D eigenvalue weighted by Gasteiger charge is 1.91. The van der Waals surface area contributed by atoms with E-state index in [1.165, 1.54) is 5.56 Å². The first-order valence-electron chi connectivity index (χ1n) is 5.12. The van der Waals surface area contributed by atoms with Crippen LogP contribution >= 0.6 is 0 Å². The third kappa shape index (κ3) is 8.97. The first kappa shape index (κ1) is 14.4. The minimum absolute atomic E-state index is 0.0461. The molecule has 0 atom stereocenters. The van der Waals surface area contributed by atoms with Crippen LogP contribution in [0.2, 0.25) is 0 Å². The summed E-state index contributed by atoms with van der Waals surface area (Å²) in [6.45, 7) is 5.60.